The molecular weight excluding hydrogens is 322 g/mol. The molecule has 0 aliphatic rings. The van der Waals surface area contributed by atoms with Crippen LogP contribution in [-0.2, 0) is 16.1 Å². The summed E-state index contributed by atoms with van der Waals surface area (Å²) in [5.74, 6) is 0.0110. The lowest BCUT2D eigenvalue weighted by Gasteiger charge is -2.10. The standard InChI is InChI=1S/C19H23NO3S/c1-13-10-17(18(21)12-24-15(3)19(22)23-4)14(2)20(13)11-16-8-6-5-7-9-16/h5-10,15H,11-12H2,1-4H3. The van der Waals surface area contributed by atoms with E-state index in [0.717, 1.165) is 23.5 Å². The lowest BCUT2D eigenvalue weighted by atomic mass is 10.2. The van der Waals surface area contributed by atoms with Crippen molar-refractivity contribution in [1.82, 2.24) is 4.57 Å². The van der Waals surface area contributed by atoms with E-state index >= 15 is 0 Å². The molecule has 1 aromatic carbocycles. The van der Waals surface area contributed by atoms with Crippen LogP contribution in [-0.4, -0.2) is 34.4 Å². The second-order valence-electron chi connectivity index (χ2n) is 5.76. The number of hydrogen-bond acceptors (Lipinski definition) is 4. The van der Waals surface area contributed by atoms with Crippen LogP contribution in [0, 0.1) is 13.8 Å². The number of aromatic nitrogens is 1. The summed E-state index contributed by atoms with van der Waals surface area (Å²) in [5, 5.41) is -0.341. The zero-order valence-electron chi connectivity index (χ0n) is 14.5. The maximum Gasteiger partial charge on any atom is 0.318 e. The van der Waals surface area contributed by atoms with Crippen LogP contribution in [0.15, 0.2) is 36.4 Å². The molecule has 2 aromatic rings. The molecule has 5 heteroatoms. The third kappa shape index (κ3) is 4.29. The topological polar surface area (TPSA) is 48.3 Å². The Morgan fingerprint density at radius 3 is 2.50 bits per heavy atom. The lowest BCUT2D eigenvalue weighted by molar-refractivity contribution is -0.139. The van der Waals surface area contributed by atoms with Gasteiger partial charge in [-0.3, -0.25) is 9.59 Å². The number of methoxy groups -OCH3 is 1. The molecule has 0 saturated carbocycles. The predicted octanol–water partition coefficient (Wildman–Crippen LogP) is 3.63. The van der Waals surface area contributed by atoms with E-state index in [9.17, 15) is 9.59 Å². The molecule has 0 fully saturated rings. The maximum atomic E-state index is 12.5. The number of hydrogen-bond donors (Lipinski definition) is 0. The number of carbonyl (C=O) groups is 2. The molecule has 0 spiro atoms. The Bertz CT molecular complexity index is 722. The molecule has 1 unspecified atom stereocenters. The van der Waals surface area contributed by atoms with Crippen LogP contribution in [0.25, 0.3) is 0 Å². The van der Waals surface area contributed by atoms with Gasteiger partial charge in [0.1, 0.15) is 5.25 Å². The van der Waals surface area contributed by atoms with Gasteiger partial charge in [-0.05, 0) is 32.4 Å². The molecule has 1 heterocycles. The summed E-state index contributed by atoms with van der Waals surface area (Å²) in [6.45, 7) is 6.48. The van der Waals surface area contributed by atoms with Gasteiger partial charge in [-0.15, -0.1) is 11.8 Å². The van der Waals surface area contributed by atoms with Gasteiger partial charge < -0.3 is 9.30 Å². The Morgan fingerprint density at radius 1 is 1.21 bits per heavy atom. The summed E-state index contributed by atoms with van der Waals surface area (Å²) in [5.41, 5.74) is 3.96. The molecule has 1 atom stereocenters. The van der Waals surface area contributed by atoms with Crippen LogP contribution >= 0.6 is 11.8 Å². The lowest BCUT2D eigenvalue weighted by Crippen LogP contribution is -2.17. The van der Waals surface area contributed by atoms with Crippen LogP contribution in [0.5, 0.6) is 0 Å². The predicted molar refractivity (Wildman–Crippen MR) is 97.7 cm³/mol. The smallest absolute Gasteiger partial charge is 0.318 e. The molecule has 0 saturated heterocycles. The fraction of sp³-hybridized carbons (Fsp3) is 0.368. The number of nitrogens with zero attached hydrogens (tertiary/aromatic N) is 1. The molecule has 0 radical (unpaired) electrons. The van der Waals surface area contributed by atoms with E-state index < -0.39 is 0 Å². The first-order valence-electron chi connectivity index (χ1n) is 7.87. The van der Waals surface area contributed by atoms with Crippen molar-refractivity contribution in [2.45, 2.75) is 32.6 Å². The second kappa shape index (κ2) is 8.20. The van der Waals surface area contributed by atoms with Crippen molar-refractivity contribution in [3.63, 3.8) is 0 Å². The van der Waals surface area contributed by atoms with E-state index in [1.165, 1.54) is 24.4 Å². The van der Waals surface area contributed by atoms with Crippen molar-refractivity contribution in [2.24, 2.45) is 0 Å². The number of rotatable bonds is 7. The summed E-state index contributed by atoms with van der Waals surface area (Å²) < 4.78 is 6.84. The Balaban J connectivity index is 2.10. The molecular formula is C19H23NO3S. The summed E-state index contributed by atoms with van der Waals surface area (Å²) >= 11 is 1.31. The minimum atomic E-state index is -0.341. The van der Waals surface area contributed by atoms with Gasteiger partial charge in [0.15, 0.2) is 5.78 Å². The Hall–Kier alpha value is -2.01. The summed E-state index contributed by atoms with van der Waals surface area (Å²) in [7, 11) is 1.36. The summed E-state index contributed by atoms with van der Waals surface area (Å²) in [6.07, 6.45) is 0. The highest BCUT2D eigenvalue weighted by Gasteiger charge is 2.19. The second-order valence-corrected chi connectivity index (χ2v) is 7.09. The van der Waals surface area contributed by atoms with Gasteiger partial charge >= 0.3 is 5.97 Å². The number of carbonyl (C=O) groups excluding carboxylic acids is 2. The third-order valence-corrected chi connectivity index (χ3v) is 5.18. The molecule has 0 amide bonds. The maximum absolute atomic E-state index is 12.5. The first kappa shape index (κ1) is 18.3. The van der Waals surface area contributed by atoms with Gasteiger partial charge in [-0.25, -0.2) is 0 Å². The number of thioether (sulfide) groups is 1. The molecule has 0 aliphatic carbocycles. The van der Waals surface area contributed by atoms with Crippen LogP contribution in [0.4, 0.5) is 0 Å². The molecule has 4 nitrogen and oxygen atoms in total. The van der Waals surface area contributed by atoms with Crippen molar-refractivity contribution in [3.05, 3.63) is 58.9 Å². The van der Waals surface area contributed by atoms with Crippen molar-refractivity contribution in [1.29, 1.82) is 0 Å². The first-order chi connectivity index (χ1) is 11.4. The highest BCUT2D eigenvalue weighted by Crippen LogP contribution is 2.21. The van der Waals surface area contributed by atoms with Crippen LogP contribution in [0.2, 0.25) is 0 Å². The molecule has 0 N–H and O–H groups in total. The SMILES string of the molecule is COC(=O)C(C)SCC(=O)c1cc(C)n(Cc2ccccc2)c1C. The average molecular weight is 345 g/mol. The van der Waals surface area contributed by atoms with Crippen molar-refractivity contribution < 1.29 is 14.3 Å². The Morgan fingerprint density at radius 2 is 1.88 bits per heavy atom. The molecule has 24 heavy (non-hydrogen) atoms. The Labute approximate surface area is 147 Å². The molecule has 1 aromatic heterocycles. The quantitative estimate of drug-likeness (QED) is 0.568. The molecule has 2 rings (SSSR count). The fourth-order valence-electron chi connectivity index (χ4n) is 2.61. The van der Waals surface area contributed by atoms with Crippen LogP contribution in [0.3, 0.4) is 0 Å². The number of benzene rings is 1. The fourth-order valence-corrected chi connectivity index (χ4v) is 3.39. The van der Waals surface area contributed by atoms with E-state index in [0.29, 0.717) is 0 Å². The summed E-state index contributed by atoms with van der Waals surface area (Å²) in [4.78, 5) is 23.9. The summed E-state index contributed by atoms with van der Waals surface area (Å²) in [6, 6.07) is 12.1. The van der Waals surface area contributed by atoms with E-state index in [1.54, 1.807) is 6.92 Å². The number of aryl methyl sites for hydroxylation is 1. The largest absolute Gasteiger partial charge is 0.468 e. The van der Waals surface area contributed by atoms with E-state index in [1.807, 2.05) is 38.1 Å². The number of ether oxygens (including phenoxy) is 1. The van der Waals surface area contributed by atoms with Gasteiger partial charge in [0.2, 0.25) is 0 Å². The van der Waals surface area contributed by atoms with E-state index in [4.69, 9.17) is 0 Å². The third-order valence-electron chi connectivity index (χ3n) is 4.06. The Kier molecular flexibility index (Phi) is 6.26. The number of ketones is 1. The average Bonchev–Trinajstić information content (AvgIpc) is 2.87. The van der Waals surface area contributed by atoms with Gasteiger partial charge in [0, 0.05) is 23.5 Å². The highest BCUT2D eigenvalue weighted by atomic mass is 32.2. The molecule has 0 aliphatic heterocycles. The van der Waals surface area contributed by atoms with Gasteiger partial charge in [-0.1, -0.05) is 30.3 Å². The number of Topliss-reactive ketones (excluding diaryl/α,β-unsaturated/α-hetero) is 1. The minimum Gasteiger partial charge on any atom is -0.468 e. The zero-order chi connectivity index (χ0) is 17.7. The van der Waals surface area contributed by atoms with Crippen LogP contribution < -0.4 is 0 Å². The monoisotopic (exact) mass is 345 g/mol. The van der Waals surface area contributed by atoms with Crippen LogP contribution in [0.1, 0.15) is 34.2 Å². The normalized spacial score (nSPS) is 12.0. The van der Waals surface area contributed by atoms with Gasteiger partial charge in [0.05, 0.1) is 12.9 Å². The molecule has 128 valence electrons. The molecule has 0 bridgehead atoms. The van der Waals surface area contributed by atoms with Crippen molar-refractivity contribution in [3.8, 4) is 0 Å². The highest BCUT2D eigenvalue weighted by molar-refractivity contribution is 8.01. The minimum absolute atomic E-state index is 0.0446. The zero-order valence-corrected chi connectivity index (χ0v) is 15.4. The van der Waals surface area contributed by atoms with Gasteiger partial charge in [-0.2, -0.15) is 0 Å². The van der Waals surface area contributed by atoms with E-state index in [2.05, 4.69) is 21.4 Å². The van der Waals surface area contributed by atoms with E-state index in [-0.39, 0.29) is 22.8 Å². The van der Waals surface area contributed by atoms with Crippen molar-refractivity contribution >= 4 is 23.5 Å². The van der Waals surface area contributed by atoms with Gasteiger partial charge in [0.25, 0.3) is 0 Å². The van der Waals surface area contributed by atoms with Crippen molar-refractivity contribution in [2.75, 3.05) is 12.9 Å². The number of esters is 1. The first-order valence-corrected chi connectivity index (χ1v) is 8.92.